The first-order valence-corrected chi connectivity index (χ1v) is 10.4. The van der Waals surface area contributed by atoms with Crippen molar-refractivity contribution in [2.45, 2.75) is 5.75 Å². The van der Waals surface area contributed by atoms with Crippen LogP contribution in [0.5, 0.6) is 11.5 Å². The quantitative estimate of drug-likeness (QED) is 0.378. The zero-order valence-corrected chi connectivity index (χ0v) is 16.6. The molecule has 0 aliphatic rings. The Labute approximate surface area is 170 Å². The van der Waals surface area contributed by atoms with Crippen molar-refractivity contribution in [3.63, 3.8) is 0 Å². The van der Waals surface area contributed by atoms with Crippen molar-refractivity contribution >= 4 is 34.8 Å². The molecule has 3 nitrogen and oxygen atoms in total. The Hall–Kier alpha value is -2.50. The monoisotopic (exact) mass is 394 g/mol. The van der Waals surface area contributed by atoms with E-state index in [1.165, 1.54) is 5.56 Å². The largest absolute Gasteiger partial charge is 0.457 e. The normalized spacial score (nSPS) is 10.2. The number of para-hydroxylation sites is 1. The molecule has 3 rings (SSSR count). The van der Waals surface area contributed by atoms with Crippen LogP contribution in [0.15, 0.2) is 84.9 Å². The van der Waals surface area contributed by atoms with E-state index in [9.17, 15) is 0 Å². The minimum Gasteiger partial charge on any atom is -0.457 e. The van der Waals surface area contributed by atoms with E-state index in [0.29, 0.717) is 5.11 Å². The van der Waals surface area contributed by atoms with Crippen molar-refractivity contribution in [3.05, 3.63) is 90.5 Å². The standard InChI is InChI=1S/C22H22N2OS2/c26-22(23-15-16-27-17-18-7-3-1-4-8-18)24-19-11-13-21(14-12-19)25-20-9-5-2-6-10-20/h1-14H,15-17H2,(H2,23,24,26). The van der Waals surface area contributed by atoms with Crippen LogP contribution in [0.25, 0.3) is 0 Å². The molecule has 27 heavy (non-hydrogen) atoms. The summed E-state index contributed by atoms with van der Waals surface area (Å²) in [5.74, 6) is 3.64. The van der Waals surface area contributed by atoms with Gasteiger partial charge in [-0.3, -0.25) is 0 Å². The predicted molar refractivity (Wildman–Crippen MR) is 120 cm³/mol. The van der Waals surface area contributed by atoms with Crippen LogP contribution in [0.4, 0.5) is 5.69 Å². The number of benzene rings is 3. The Morgan fingerprint density at radius 1 is 0.815 bits per heavy atom. The van der Waals surface area contributed by atoms with Gasteiger partial charge in [0.05, 0.1) is 0 Å². The summed E-state index contributed by atoms with van der Waals surface area (Å²) in [6, 6.07) is 28.0. The molecule has 0 saturated carbocycles. The van der Waals surface area contributed by atoms with E-state index < -0.39 is 0 Å². The Balaban J connectivity index is 1.35. The summed E-state index contributed by atoms with van der Waals surface area (Å²) in [5, 5.41) is 7.07. The molecule has 0 radical (unpaired) electrons. The number of anilines is 1. The number of thioether (sulfide) groups is 1. The molecule has 0 atom stereocenters. The van der Waals surface area contributed by atoms with Crippen LogP contribution in [-0.4, -0.2) is 17.4 Å². The Kier molecular flexibility index (Phi) is 7.56. The van der Waals surface area contributed by atoms with E-state index in [2.05, 4.69) is 34.9 Å². The number of ether oxygens (including phenoxy) is 1. The smallest absolute Gasteiger partial charge is 0.170 e. The third-order valence-corrected chi connectivity index (χ3v) is 5.01. The van der Waals surface area contributed by atoms with Gasteiger partial charge >= 0.3 is 0 Å². The molecule has 0 aliphatic heterocycles. The van der Waals surface area contributed by atoms with Crippen molar-refractivity contribution in [1.82, 2.24) is 5.32 Å². The maximum atomic E-state index is 5.79. The van der Waals surface area contributed by atoms with Crippen molar-refractivity contribution in [1.29, 1.82) is 0 Å². The maximum absolute atomic E-state index is 5.79. The first kappa shape index (κ1) is 19.3. The second-order valence-electron chi connectivity index (χ2n) is 5.86. The number of thiocarbonyl (C=S) groups is 1. The topological polar surface area (TPSA) is 33.3 Å². The van der Waals surface area contributed by atoms with Crippen molar-refractivity contribution in [3.8, 4) is 11.5 Å². The van der Waals surface area contributed by atoms with E-state index in [0.717, 1.165) is 35.2 Å². The van der Waals surface area contributed by atoms with Crippen LogP contribution in [0, 0.1) is 0 Å². The molecule has 3 aromatic carbocycles. The van der Waals surface area contributed by atoms with Gasteiger partial charge in [-0.2, -0.15) is 11.8 Å². The molecule has 0 aliphatic carbocycles. The minimum absolute atomic E-state index is 0.632. The molecule has 5 heteroatoms. The number of rotatable bonds is 8. The predicted octanol–water partition coefficient (Wildman–Crippen LogP) is 5.70. The SMILES string of the molecule is S=C(NCCSCc1ccccc1)Nc1ccc(Oc2ccccc2)cc1. The first-order chi connectivity index (χ1) is 13.3. The molecule has 0 aromatic heterocycles. The molecular formula is C22H22N2OS2. The van der Waals surface area contributed by atoms with E-state index in [-0.39, 0.29) is 0 Å². The molecule has 0 spiro atoms. The lowest BCUT2D eigenvalue weighted by Crippen LogP contribution is -2.30. The average molecular weight is 395 g/mol. The fraction of sp³-hybridized carbons (Fsp3) is 0.136. The van der Waals surface area contributed by atoms with Gasteiger partial charge in [0.2, 0.25) is 0 Å². The van der Waals surface area contributed by atoms with Gasteiger partial charge in [0.25, 0.3) is 0 Å². The molecule has 0 fully saturated rings. The lowest BCUT2D eigenvalue weighted by Gasteiger charge is -2.11. The highest BCUT2D eigenvalue weighted by Gasteiger charge is 2.00. The summed E-state index contributed by atoms with van der Waals surface area (Å²) in [5.41, 5.74) is 2.28. The first-order valence-electron chi connectivity index (χ1n) is 8.79. The fourth-order valence-corrected chi connectivity index (χ4v) is 3.45. The number of nitrogens with one attached hydrogen (secondary N) is 2. The van der Waals surface area contributed by atoms with Gasteiger partial charge in [-0.25, -0.2) is 0 Å². The highest BCUT2D eigenvalue weighted by atomic mass is 32.2. The van der Waals surface area contributed by atoms with E-state index >= 15 is 0 Å². The molecular weight excluding hydrogens is 372 g/mol. The minimum atomic E-state index is 0.632. The van der Waals surface area contributed by atoms with Crippen molar-refractivity contribution < 1.29 is 4.74 Å². The molecule has 3 aromatic rings. The second-order valence-corrected chi connectivity index (χ2v) is 7.37. The lowest BCUT2D eigenvalue weighted by atomic mass is 10.2. The van der Waals surface area contributed by atoms with Gasteiger partial charge in [-0.05, 0) is 54.2 Å². The Morgan fingerprint density at radius 2 is 1.44 bits per heavy atom. The van der Waals surface area contributed by atoms with Gasteiger partial charge in [-0.15, -0.1) is 0 Å². The lowest BCUT2D eigenvalue weighted by molar-refractivity contribution is 0.483. The van der Waals surface area contributed by atoms with Crippen LogP contribution in [0.3, 0.4) is 0 Å². The zero-order valence-electron chi connectivity index (χ0n) is 14.9. The summed E-state index contributed by atoms with van der Waals surface area (Å²) in [7, 11) is 0. The summed E-state index contributed by atoms with van der Waals surface area (Å²) in [6.07, 6.45) is 0. The number of hydrogen-bond acceptors (Lipinski definition) is 3. The summed E-state index contributed by atoms with van der Waals surface area (Å²) < 4.78 is 5.79. The van der Waals surface area contributed by atoms with Gasteiger partial charge in [0.15, 0.2) is 5.11 Å². The molecule has 0 saturated heterocycles. The van der Waals surface area contributed by atoms with Gasteiger partial charge in [-0.1, -0.05) is 48.5 Å². The fourth-order valence-electron chi connectivity index (χ4n) is 2.41. The Bertz CT molecular complexity index is 824. The molecule has 2 N–H and O–H groups in total. The molecule has 0 heterocycles. The highest BCUT2D eigenvalue weighted by molar-refractivity contribution is 7.98. The van der Waals surface area contributed by atoms with Crippen molar-refractivity contribution in [2.24, 2.45) is 0 Å². The Morgan fingerprint density at radius 3 is 2.15 bits per heavy atom. The van der Waals surface area contributed by atoms with Crippen LogP contribution in [0.2, 0.25) is 0 Å². The van der Waals surface area contributed by atoms with E-state index in [4.69, 9.17) is 17.0 Å². The molecule has 0 bridgehead atoms. The van der Waals surface area contributed by atoms with Crippen LogP contribution < -0.4 is 15.4 Å². The maximum Gasteiger partial charge on any atom is 0.170 e. The zero-order chi connectivity index (χ0) is 18.7. The van der Waals surface area contributed by atoms with Crippen molar-refractivity contribution in [2.75, 3.05) is 17.6 Å². The third-order valence-electron chi connectivity index (χ3n) is 3.73. The van der Waals surface area contributed by atoms with E-state index in [1.807, 2.05) is 72.4 Å². The molecule has 0 unspecified atom stereocenters. The second kappa shape index (κ2) is 10.6. The highest BCUT2D eigenvalue weighted by Crippen LogP contribution is 2.22. The van der Waals surface area contributed by atoms with Crippen LogP contribution >= 0.6 is 24.0 Å². The van der Waals surface area contributed by atoms with Crippen LogP contribution in [0.1, 0.15) is 5.56 Å². The van der Waals surface area contributed by atoms with Gasteiger partial charge in [0.1, 0.15) is 11.5 Å². The summed E-state index contributed by atoms with van der Waals surface area (Å²) in [6.45, 7) is 0.832. The van der Waals surface area contributed by atoms with Gasteiger partial charge < -0.3 is 15.4 Å². The molecule has 0 amide bonds. The average Bonchev–Trinajstić information content (AvgIpc) is 2.71. The third kappa shape index (κ3) is 6.96. The summed E-state index contributed by atoms with van der Waals surface area (Å²) in [4.78, 5) is 0. The van der Waals surface area contributed by atoms with E-state index in [1.54, 1.807) is 0 Å². The molecule has 138 valence electrons. The summed E-state index contributed by atoms with van der Waals surface area (Å²) >= 11 is 7.25. The van der Waals surface area contributed by atoms with Crippen LogP contribution in [-0.2, 0) is 5.75 Å². The van der Waals surface area contributed by atoms with Gasteiger partial charge in [0, 0.05) is 23.7 Å². The number of hydrogen-bond donors (Lipinski definition) is 2.